The van der Waals surface area contributed by atoms with Gasteiger partial charge >= 0.3 is 0 Å². The maximum absolute atomic E-state index is 4.99. The van der Waals surface area contributed by atoms with Crippen molar-refractivity contribution in [1.82, 2.24) is 9.55 Å². The molecule has 2 nitrogen and oxygen atoms in total. The van der Waals surface area contributed by atoms with Crippen LogP contribution in [0.5, 0.6) is 0 Å². The summed E-state index contributed by atoms with van der Waals surface area (Å²) in [5, 5.41) is 0. The molecule has 1 aromatic heterocycles. The number of hydrogen-bond acceptors (Lipinski definition) is 1. The van der Waals surface area contributed by atoms with Gasteiger partial charge in [-0.1, -0.05) is 64.1 Å². The minimum Gasteiger partial charge on any atom is -0.325 e. The lowest BCUT2D eigenvalue weighted by Crippen LogP contribution is -2.12. The average Bonchev–Trinajstić information content (AvgIpc) is 3.00. The van der Waals surface area contributed by atoms with Gasteiger partial charge < -0.3 is 4.57 Å². The van der Waals surface area contributed by atoms with Crippen molar-refractivity contribution >= 4 is 11.0 Å². The molecule has 0 bridgehead atoms. The molecule has 2 atom stereocenters. The Hall–Kier alpha value is -2.09. The van der Waals surface area contributed by atoms with Crippen LogP contribution in [-0.4, -0.2) is 9.55 Å². The van der Waals surface area contributed by atoms with Crippen molar-refractivity contribution in [2.24, 2.45) is 5.92 Å². The number of benzene rings is 2. The average molecular weight is 335 g/mol. The quantitative estimate of drug-likeness (QED) is 0.513. The molecule has 0 saturated carbocycles. The molecular weight excluding hydrogens is 304 g/mol. The zero-order valence-corrected chi connectivity index (χ0v) is 16.2. The van der Waals surface area contributed by atoms with Crippen molar-refractivity contribution in [3.05, 3.63) is 65.5 Å². The van der Waals surface area contributed by atoms with Crippen LogP contribution in [0, 0.1) is 5.92 Å². The minimum atomic E-state index is 0.287. The van der Waals surface area contributed by atoms with Gasteiger partial charge in [-0.2, -0.15) is 0 Å². The van der Waals surface area contributed by atoms with E-state index in [9.17, 15) is 0 Å². The number of imidazole rings is 1. The molecule has 0 fully saturated rings. The highest BCUT2D eigenvalue weighted by Crippen LogP contribution is 2.31. The molecule has 0 radical (unpaired) electrons. The topological polar surface area (TPSA) is 17.8 Å². The molecule has 132 valence electrons. The first-order valence-corrected chi connectivity index (χ1v) is 9.57. The number of nitrogens with zero attached hydrogens (tertiary/aromatic N) is 2. The molecule has 0 amide bonds. The lowest BCUT2D eigenvalue weighted by atomic mass is 9.96. The summed E-state index contributed by atoms with van der Waals surface area (Å²) in [6.07, 6.45) is 2.24. The van der Waals surface area contributed by atoms with Gasteiger partial charge in [0.2, 0.25) is 0 Å². The van der Waals surface area contributed by atoms with Crippen molar-refractivity contribution in [3.8, 4) is 0 Å². The summed E-state index contributed by atoms with van der Waals surface area (Å²) in [5.74, 6) is 2.15. The van der Waals surface area contributed by atoms with E-state index in [0.29, 0.717) is 12.0 Å². The van der Waals surface area contributed by atoms with Crippen LogP contribution in [0.25, 0.3) is 11.0 Å². The normalized spacial score (nSPS) is 14.2. The number of fused-ring (bicyclic) bond motifs is 1. The molecule has 2 heteroatoms. The van der Waals surface area contributed by atoms with Gasteiger partial charge in [0.25, 0.3) is 0 Å². The Morgan fingerprint density at radius 1 is 0.920 bits per heavy atom. The van der Waals surface area contributed by atoms with Crippen LogP contribution in [0.4, 0.5) is 0 Å². The predicted octanol–water partition coefficient (Wildman–Crippen LogP) is 6.36. The molecule has 0 unspecified atom stereocenters. The Morgan fingerprint density at radius 3 is 2.24 bits per heavy atom. The van der Waals surface area contributed by atoms with Gasteiger partial charge in [-0.25, -0.2) is 4.98 Å². The molecule has 0 spiro atoms. The van der Waals surface area contributed by atoms with Crippen LogP contribution >= 0.6 is 0 Å². The van der Waals surface area contributed by atoms with Gasteiger partial charge in [0.1, 0.15) is 5.82 Å². The van der Waals surface area contributed by atoms with Crippen LogP contribution < -0.4 is 0 Å². The van der Waals surface area contributed by atoms with Crippen molar-refractivity contribution in [2.45, 2.75) is 59.4 Å². The molecule has 2 aromatic carbocycles. The Labute approximate surface area is 151 Å². The largest absolute Gasteiger partial charge is 0.325 e. The molecule has 0 N–H and O–H groups in total. The fraction of sp³-hybridized carbons (Fsp3) is 0.435. The summed E-state index contributed by atoms with van der Waals surface area (Å²) < 4.78 is 2.43. The highest BCUT2D eigenvalue weighted by Gasteiger charge is 2.20. The predicted molar refractivity (Wildman–Crippen MR) is 107 cm³/mol. The van der Waals surface area contributed by atoms with E-state index in [1.165, 1.54) is 22.5 Å². The van der Waals surface area contributed by atoms with E-state index in [4.69, 9.17) is 4.98 Å². The van der Waals surface area contributed by atoms with E-state index < -0.39 is 0 Å². The Kier molecular flexibility index (Phi) is 5.27. The van der Waals surface area contributed by atoms with Crippen LogP contribution in [0.15, 0.2) is 48.5 Å². The molecule has 0 aliphatic rings. The SMILES string of the molecule is CC[C@@H](C)n1c([C@@H](C)c2ccc(CC(C)C)cc2)nc2ccccc21. The second kappa shape index (κ2) is 7.43. The standard InChI is InChI=1S/C23H30N2/c1-6-17(4)25-22-10-8-7-9-21(22)24-23(25)18(5)20-13-11-19(12-14-20)15-16(2)3/h7-14,16-18H,6,15H2,1-5H3/t17-,18+/m1/s1. The first-order chi connectivity index (χ1) is 12.0. The van der Waals surface area contributed by atoms with Gasteiger partial charge in [-0.15, -0.1) is 0 Å². The van der Waals surface area contributed by atoms with Gasteiger partial charge in [0.15, 0.2) is 0 Å². The van der Waals surface area contributed by atoms with Crippen molar-refractivity contribution in [1.29, 1.82) is 0 Å². The van der Waals surface area contributed by atoms with Gasteiger partial charge in [0, 0.05) is 12.0 Å². The fourth-order valence-corrected chi connectivity index (χ4v) is 3.58. The second-order valence-electron chi connectivity index (χ2n) is 7.65. The maximum atomic E-state index is 4.99. The van der Waals surface area contributed by atoms with Gasteiger partial charge in [-0.3, -0.25) is 0 Å². The van der Waals surface area contributed by atoms with Crippen LogP contribution in [-0.2, 0) is 6.42 Å². The van der Waals surface area contributed by atoms with Crippen LogP contribution in [0.3, 0.4) is 0 Å². The van der Waals surface area contributed by atoms with E-state index in [2.05, 4.69) is 87.7 Å². The Morgan fingerprint density at radius 2 is 1.60 bits per heavy atom. The first-order valence-electron chi connectivity index (χ1n) is 9.57. The lowest BCUT2D eigenvalue weighted by molar-refractivity contribution is 0.514. The van der Waals surface area contributed by atoms with Gasteiger partial charge in [-0.05, 0) is 48.9 Å². The lowest BCUT2D eigenvalue weighted by Gasteiger charge is -2.20. The number of para-hydroxylation sites is 2. The zero-order valence-electron chi connectivity index (χ0n) is 16.2. The maximum Gasteiger partial charge on any atom is 0.117 e. The summed E-state index contributed by atoms with van der Waals surface area (Å²) in [6, 6.07) is 18.1. The highest BCUT2D eigenvalue weighted by atomic mass is 15.1. The molecule has 25 heavy (non-hydrogen) atoms. The molecule has 1 heterocycles. The van der Waals surface area contributed by atoms with Crippen molar-refractivity contribution < 1.29 is 0 Å². The number of rotatable bonds is 6. The van der Waals surface area contributed by atoms with E-state index in [0.717, 1.165) is 18.4 Å². The molecule has 0 aliphatic carbocycles. The Balaban J connectivity index is 2.00. The summed E-state index contributed by atoms with van der Waals surface area (Å²) in [6.45, 7) is 11.3. The molecule has 3 rings (SSSR count). The minimum absolute atomic E-state index is 0.287. The van der Waals surface area contributed by atoms with E-state index >= 15 is 0 Å². The number of aromatic nitrogens is 2. The first kappa shape index (κ1) is 17.7. The second-order valence-corrected chi connectivity index (χ2v) is 7.65. The summed E-state index contributed by atoms with van der Waals surface area (Å²) in [5.41, 5.74) is 5.10. The van der Waals surface area contributed by atoms with Gasteiger partial charge in [0.05, 0.1) is 11.0 Å². The third-order valence-corrected chi connectivity index (χ3v) is 5.17. The fourth-order valence-electron chi connectivity index (χ4n) is 3.58. The van der Waals surface area contributed by atoms with Crippen molar-refractivity contribution in [3.63, 3.8) is 0 Å². The van der Waals surface area contributed by atoms with E-state index in [1.54, 1.807) is 0 Å². The molecule has 0 saturated heterocycles. The zero-order chi connectivity index (χ0) is 18.0. The Bertz CT molecular complexity index is 827. The smallest absolute Gasteiger partial charge is 0.117 e. The molecular formula is C23H30N2. The van der Waals surface area contributed by atoms with E-state index in [1.807, 2.05) is 0 Å². The van der Waals surface area contributed by atoms with Crippen LogP contribution in [0.2, 0.25) is 0 Å². The summed E-state index contributed by atoms with van der Waals surface area (Å²) in [7, 11) is 0. The third-order valence-electron chi connectivity index (χ3n) is 5.17. The summed E-state index contributed by atoms with van der Waals surface area (Å²) >= 11 is 0. The molecule has 3 aromatic rings. The highest BCUT2D eigenvalue weighted by molar-refractivity contribution is 5.76. The van der Waals surface area contributed by atoms with Crippen LogP contribution in [0.1, 0.15) is 70.0 Å². The third kappa shape index (κ3) is 3.63. The molecule has 0 aliphatic heterocycles. The monoisotopic (exact) mass is 334 g/mol. The van der Waals surface area contributed by atoms with E-state index in [-0.39, 0.29) is 5.92 Å². The summed E-state index contributed by atoms with van der Waals surface area (Å²) in [4.78, 5) is 4.99. The number of hydrogen-bond donors (Lipinski definition) is 0. The van der Waals surface area contributed by atoms with Crippen molar-refractivity contribution in [2.75, 3.05) is 0 Å².